The lowest BCUT2D eigenvalue weighted by Crippen LogP contribution is -2.68. The van der Waals surface area contributed by atoms with Crippen molar-refractivity contribution in [1.82, 2.24) is 14.9 Å². The van der Waals surface area contributed by atoms with Gasteiger partial charge in [0.05, 0.1) is 0 Å². The van der Waals surface area contributed by atoms with Crippen LogP contribution in [0, 0.1) is 0 Å². The normalized spacial score (nSPS) is 23.4. The summed E-state index contributed by atoms with van der Waals surface area (Å²) in [6.07, 6.45) is 1.64. The quantitative estimate of drug-likeness (QED) is 0.320. The largest absolute Gasteiger partial charge is 0.477 e. The highest BCUT2D eigenvalue weighted by Crippen LogP contribution is 2.40. The number of nitrogen functional groups attached to an aromatic ring is 2. The summed E-state index contributed by atoms with van der Waals surface area (Å²) in [4.78, 5) is 32.4. The number of anilines is 2. The Labute approximate surface area is 145 Å². The van der Waals surface area contributed by atoms with E-state index in [4.69, 9.17) is 17.2 Å². The average Bonchev–Trinajstić information content (AvgIpc) is 2.52. The first kappa shape index (κ1) is 16.6. The molecule has 3 rings (SSSR count). The Kier molecular flexibility index (Phi) is 4.39. The molecule has 1 saturated heterocycles. The van der Waals surface area contributed by atoms with Crippen LogP contribution in [0.25, 0.3) is 0 Å². The van der Waals surface area contributed by atoms with Crippen molar-refractivity contribution in [3.63, 3.8) is 0 Å². The minimum Gasteiger partial charge on any atom is -0.477 e. The van der Waals surface area contributed by atoms with Crippen LogP contribution in [-0.4, -0.2) is 49.0 Å². The number of thioether (sulfide) groups is 2. The number of β-lactam (4-membered cyclic amide) rings is 1. The lowest BCUT2D eigenvalue weighted by molar-refractivity contribution is -0.147. The molecule has 2 aliphatic heterocycles. The molecular weight excluding hydrogens is 352 g/mol. The molecule has 1 aromatic heterocycles. The van der Waals surface area contributed by atoms with Gasteiger partial charge in [0.1, 0.15) is 28.0 Å². The predicted octanol–water partition coefficient (Wildman–Crippen LogP) is -0.172. The van der Waals surface area contributed by atoms with E-state index < -0.39 is 12.0 Å². The van der Waals surface area contributed by atoms with Crippen LogP contribution in [0.3, 0.4) is 0 Å². The lowest BCUT2D eigenvalue weighted by Gasteiger charge is -2.47. The topological polar surface area (TPSA) is 161 Å². The molecule has 1 aromatic rings. The summed E-state index contributed by atoms with van der Waals surface area (Å²) >= 11 is 2.66. The zero-order valence-electron chi connectivity index (χ0n) is 12.2. The van der Waals surface area contributed by atoms with Crippen LogP contribution in [0.1, 0.15) is 0 Å². The van der Waals surface area contributed by atoms with Gasteiger partial charge in [-0.25, -0.2) is 9.78 Å². The van der Waals surface area contributed by atoms with Gasteiger partial charge in [0, 0.05) is 11.8 Å². The van der Waals surface area contributed by atoms with Crippen molar-refractivity contribution in [1.29, 1.82) is 0 Å². The summed E-state index contributed by atoms with van der Waals surface area (Å²) in [5, 5.41) is 11.3. The van der Waals surface area contributed by atoms with Gasteiger partial charge in [0.2, 0.25) is 11.9 Å². The molecule has 0 bridgehead atoms. The molecule has 1 fully saturated rings. The summed E-state index contributed by atoms with van der Waals surface area (Å²) in [6, 6.07) is 0.915. The highest BCUT2D eigenvalue weighted by atomic mass is 32.2. The van der Waals surface area contributed by atoms with Crippen molar-refractivity contribution in [2.45, 2.75) is 16.4 Å². The number of hydrogen-bond acceptors (Lipinski definition) is 9. The number of aliphatic carboxylic acids is 1. The third-order valence-corrected chi connectivity index (χ3v) is 5.49. The summed E-state index contributed by atoms with van der Waals surface area (Å²) in [5.41, 5.74) is 17.3. The van der Waals surface area contributed by atoms with Crippen molar-refractivity contribution >= 4 is 47.2 Å². The molecule has 126 valence electrons. The average molecular weight is 366 g/mol. The first-order valence-corrected chi connectivity index (χ1v) is 8.71. The van der Waals surface area contributed by atoms with Gasteiger partial charge in [-0.2, -0.15) is 4.98 Å². The number of carboxylic acid groups (broad SMARTS) is 1. The molecule has 0 spiro atoms. The van der Waals surface area contributed by atoms with Crippen molar-refractivity contribution in [2.24, 2.45) is 5.73 Å². The summed E-state index contributed by atoms with van der Waals surface area (Å²) < 4.78 is 0. The molecule has 0 radical (unpaired) electrons. The van der Waals surface area contributed by atoms with Crippen molar-refractivity contribution in [3.05, 3.63) is 28.8 Å². The Balaban J connectivity index is 1.81. The van der Waals surface area contributed by atoms with E-state index in [0.29, 0.717) is 16.4 Å². The number of carbonyl (C=O) groups excluding carboxylic acids is 1. The van der Waals surface area contributed by atoms with Crippen LogP contribution in [0.15, 0.2) is 33.8 Å². The van der Waals surface area contributed by atoms with Crippen molar-refractivity contribution in [2.75, 3.05) is 17.2 Å². The number of fused-ring (bicyclic) bond motifs is 1. The monoisotopic (exact) mass is 366 g/mol. The Hall–Kier alpha value is -2.24. The number of aromatic nitrogens is 2. The first-order valence-electron chi connectivity index (χ1n) is 6.78. The molecule has 24 heavy (non-hydrogen) atoms. The van der Waals surface area contributed by atoms with E-state index >= 15 is 0 Å². The third-order valence-electron chi connectivity index (χ3n) is 3.44. The Morgan fingerprint density at radius 1 is 1.46 bits per heavy atom. The molecular formula is C13H14N6O3S2. The lowest BCUT2D eigenvalue weighted by atomic mass is 10.0. The van der Waals surface area contributed by atoms with Gasteiger partial charge in [-0.1, -0.05) is 11.8 Å². The summed E-state index contributed by atoms with van der Waals surface area (Å²) in [7, 11) is 0. The highest BCUT2D eigenvalue weighted by molar-refractivity contribution is 8.02. The second kappa shape index (κ2) is 6.34. The van der Waals surface area contributed by atoms with Gasteiger partial charge in [-0.15, -0.1) is 11.8 Å². The maximum absolute atomic E-state index is 11.8. The second-order valence-electron chi connectivity index (χ2n) is 5.02. The Morgan fingerprint density at radius 3 is 2.88 bits per heavy atom. The molecule has 3 heterocycles. The van der Waals surface area contributed by atoms with Crippen LogP contribution in [-0.2, 0) is 9.59 Å². The molecule has 2 aliphatic rings. The number of rotatable bonds is 4. The zero-order chi connectivity index (χ0) is 17.4. The molecule has 2 unspecified atom stereocenters. The Bertz CT molecular complexity index is 761. The van der Waals surface area contributed by atoms with Crippen LogP contribution in [0.2, 0.25) is 0 Å². The van der Waals surface area contributed by atoms with E-state index in [9.17, 15) is 14.7 Å². The maximum atomic E-state index is 11.8. The van der Waals surface area contributed by atoms with Crippen molar-refractivity contribution < 1.29 is 14.7 Å². The van der Waals surface area contributed by atoms with Gasteiger partial charge >= 0.3 is 5.97 Å². The third kappa shape index (κ3) is 2.92. The molecule has 0 aromatic carbocycles. The van der Waals surface area contributed by atoms with E-state index in [2.05, 4.69) is 9.97 Å². The van der Waals surface area contributed by atoms with Crippen LogP contribution < -0.4 is 17.2 Å². The standard InChI is InChI=1S/C13H14N6O3S2/c14-6-3-7(18-13(16)17-6)23-2-1-5-4-24-11-8(15)10(20)19(11)9(5)12(21)22/h1-3,8,11H,4,15H2,(H,21,22)(H4,14,16,17,18). The zero-order valence-corrected chi connectivity index (χ0v) is 13.9. The second-order valence-corrected chi connectivity index (χ2v) is 7.06. The van der Waals surface area contributed by atoms with Crippen LogP contribution >= 0.6 is 23.5 Å². The van der Waals surface area contributed by atoms with E-state index in [1.807, 2.05) is 0 Å². The number of hydrogen-bond donors (Lipinski definition) is 4. The van der Waals surface area contributed by atoms with E-state index in [1.165, 1.54) is 28.4 Å². The maximum Gasteiger partial charge on any atom is 0.352 e. The number of amides is 1. The van der Waals surface area contributed by atoms with E-state index in [1.54, 1.807) is 17.6 Å². The van der Waals surface area contributed by atoms with E-state index in [-0.39, 0.29) is 28.7 Å². The first-order chi connectivity index (χ1) is 11.4. The predicted molar refractivity (Wildman–Crippen MR) is 91.6 cm³/mol. The number of nitrogens with two attached hydrogens (primary N) is 3. The number of carboxylic acids is 1. The van der Waals surface area contributed by atoms with Gasteiger partial charge in [0.25, 0.3) is 0 Å². The minimum atomic E-state index is -1.15. The van der Waals surface area contributed by atoms with E-state index in [0.717, 1.165) is 0 Å². The molecule has 11 heteroatoms. The molecule has 9 nitrogen and oxygen atoms in total. The molecule has 0 saturated carbocycles. The number of carbonyl (C=O) groups is 2. The molecule has 2 atom stereocenters. The highest BCUT2D eigenvalue weighted by Gasteiger charge is 2.51. The fourth-order valence-corrected chi connectivity index (χ4v) is 4.35. The van der Waals surface area contributed by atoms with Gasteiger partial charge in [-0.3, -0.25) is 9.69 Å². The molecule has 0 aliphatic carbocycles. The van der Waals surface area contributed by atoms with Crippen LogP contribution in [0.5, 0.6) is 0 Å². The smallest absolute Gasteiger partial charge is 0.352 e. The fraction of sp³-hybridized carbons (Fsp3) is 0.231. The van der Waals surface area contributed by atoms with Gasteiger partial charge in [0.15, 0.2) is 0 Å². The number of allylic oxidation sites excluding steroid dienone is 1. The summed E-state index contributed by atoms with van der Waals surface area (Å²) in [5.74, 6) is -0.762. The van der Waals surface area contributed by atoms with Crippen molar-refractivity contribution in [3.8, 4) is 0 Å². The van der Waals surface area contributed by atoms with Crippen LogP contribution in [0.4, 0.5) is 11.8 Å². The SMILES string of the molecule is Nc1cc(SC=CC2=C(C(=O)O)N3C(=O)C(N)C3SC2)nc(N)n1. The Morgan fingerprint density at radius 2 is 2.21 bits per heavy atom. The fourth-order valence-electron chi connectivity index (χ4n) is 2.38. The van der Waals surface area contributed by atoms with Gasteiger partial charge < -0.3 is 22.3 Å². The van der Waals surface area contributed by atoms with Gasteiger partial charge in [-0.05, 0) is 17.1 Å². The summed E-state index contributed by atoms with van der Waals surface area (Å²) in [6.45, 7) is 0. The molecule has 7 N–H and O–H groups in total. The molecule has 1 amide bonds. The minimum absolute atomic E-state index is 0.0241. The number of nitrogens with zero attached hydrogens (tertiary/aromatic N) is 3.